The fourth-order valence-electron chi connectivity index (χ4n) is 2.46. The van der Waals surface area contributed by atoms with E-state index in [0.717, 1.165) is 0 Å². The number of aromatic nitrogens is 4. The maximum absolute atomic E-state index is 13.0. The molecule has 6 nitrogen and oxygen atoms in total. The van der Waals surface area contributed by atoms with Crippen LogP contribution in [0.3, 0.4) is 0 Å². The Hall–Kier alpha value is -3.13. The van der Waals surface area contributed by atoms with E-state index >= 15 is 0 Å². The molecule has 1 aromatic carbocycles. The molecule has 0 unspecified atom stereocenters. The number of alkyl halides is 2. The van der Waals surface area contributed by atoms with Gasteiger partial charge in [-0.3, -0.25) is 4.79 Å². The van der Waals surface area contributed by atoms with Gasteiger partial charge in [0.05, 0.1) is 5.57 Å². The number of hydrogen-bond donors (Lipinski definition) is 1. The molecule has 3 aromatic rings. The van der Waals surface area contributed by atoms with Crippen LogP contribution in [-0.2, 0) is 18.1 Å². The van der Waals surface area contributed by atoms with Crippen LogP contribution in [0.2, 0.25) is 5.15 Å². The van der Waals surface area contributed by atoms with Gasteiger partial charge < -0.3 is 5.73 Å². The molecule has 0 fully saturated rings. The average molecular weight is 390 g/mol. The maximum atomic E-state index is 13.0. The number of carbonyl (C=O) groups excluding carboxylic acids is 1. The molecule has 0 spiro atoms. The van der Waals surface area contributed by atoms with Crippen molar-refractivity contribution >= 4 is 29.3 Å². The minimum atomic E-state index is -0.725. The van der Waals surface area contributed by atoms with Gasteiger partial charge in [-0.15, -0.1) is 5.10 Å². The number of halogens is 3. The summed E-state index contributed by atoms with van der Waals surface area (Å²) in [5, 5.41) is 4.51. The third kappa shape index (κ3) is 4.35. The Labute approximate surface area is 158 Å². The van der Waals surface area contributed by atoms with E-state index < -0.39 is 19.3 Å². The van der Waals surface area contributed by atoms with Crippen molar-refractivity contribution < 1.29 is 13.6 Å². The Morgan fingerprint density at radius 1 is 1.15 bits per heavy atom. The highest BCUT2D eigenvalue weighted by Crippen LogP contribution is 2.21. The lowest BCUT2D eigenvalue weighted by Crippen LogP contribution is -2.14. The molecule has 27 heavy (non-hydrogen) atoms. The van der Waals surface area contributed by atoms with E-state index in [9.17, 15) is 13.6 Å². The highest BCUT2D eigenvalue weighted by Gasteiger charge is 2.12. The number of carbonyl (C=O) groups is 1. The standard InChI is InChI=1S/C18H14ClF2N5O/c19-16-2-1-13(8-23-16)15(17(22)27)9-26-10-24-18(25-26)14-4-11(6-20)3-12(5-14)7-21/h1-5,8-10H,6-7H2,(H2,22,27)/b15-9+. The number of rotatable bonds is 6. The van der Waals surface area contributed by atoms with Gasteiger partial charge in [0, 0.05) is 23.5 Å². The Kier molecular flexibility index (Phi) is 5.56. The van der Waals surface area contributed by atoms with Crippen molar-refractivity contribution in [2.75, 3.05) is 0 Å². The van der Waals surface area contributed by atoms with Gasteiger partial charge in [0.25, 0.3) is 5.91 Å². The quantitative estimate of drug-likeness (QED) is 0.517. The lowest BCUT2D eigenvalue weighted by Gasteiger charge is -2.04. The average Bonchev–Trinajstić information content (AvgIpc) is 3.15. The summed E-state index contributed by atoms with van der Waals surface area (Å²) in [5.74, 6) is -0.426. The van der Waals surface area contributed by atoms with Crippen LogP contribution in [0.15, 0.2) is 42.9 Å². The van der Waals surface area contributed by atoms with Crippen LogP contribution in [0, 0.1) is 0 Å². The molecule has 9 heteroatoms. The molecular weight excluding hydrogens is 376 g/mol. The largest absolute Gasteiger partial charge is 0.366 e. The lowest BCUT2D eigenvalue weighted by molar-refractivity contribution is -0.112. The SMILES string of the molecule is NC(=O)/C(=C/n1cnc(-c2cc(CF)cc(CF)c2)n1)c1ccc(Cl)nc1. The van der Waals surface area contributed by atoms with Crippen LogP contribution in [0.25, 0.3) is 23.2 Å². The number of amides is 1. The molecule has 0 aliphatic rings. The summed E-state index contributed by atoms with van der Waals surface area (Å²) in [7, 11) is 0. The first-order valence-corrected chi connectivity index (χ1v) is 8.18. The van der Waals surface area contributed by atoms with E-state index in [2.05, 4.69) is 15.1 Å². The van der Waals surface area contributed by atoms with Gasteiger partial charge in [-0.1, -0.05) is 17.7 Å². The van der Waals surface area contributed by atoms with Gasteiger partial charge in [-0.2, -0.15) is 0 Å². The molecule has 0 atom stereocenters. The zero-order valence-electron chi connectivity index (χ0n) is 13.9. The molecule has 0 aliphatic heterocycles. The van der Waals surface area contributed by atoms with Crippen LogP contribution in [-0.4, -0.2) is 25.7 Å². The lowest BCUT2D eigenvalue weighted by atomic mass is 10.1. The second-order valence-corrected chi connectivity index (χ2v) is 6.02. The molecule has 0 saturated heterocycles. The van der Waals surface area contributed by atoms with Gasteiger partial charge in [0.15, 0.2) is 5.82 Å². The molecule has 3 rings (SSSR count). The Balaban J connectivity index is 1.98. The van der Waals surface area contributed by atoms with Crippen LogP contribution in [0.4, 0.5) is 8.78 Å². The van der Waals surface area contributed by atoms with E-state index in [0.29, 0.717) is 22.3 Å². The summed E-state index contributed by atoms with van der Waals surface area (Å²) in [5.41, 5.74) is 7.18. The fourth-order valence-corrected chi connectivity index (χ4v) is 2.57. The summed E-state index contributed by atoms with van der Waals surface area (Å²) in [6, 6.07) is 7.66. The first-order chi connectivity index (χ1) is 13.0. The van der Waals surface area contributed by atoms with Crippen molar-refractivity contribution in [3.8, 4) is 11.4 Å². The van der Waals surface area contributed by atoms with Crippen molar-refractivity contribution in [2.24, 2.45) is 5.73 Å². The zero-order chi connectivity index (χ0) is 19.4. The number of pyridine rings is 1. The third-order valence-electron chi connectivity index (χ3n) is 3.69. The predicted molar refractivity (Wildman–Crippen MR) is 97.7 cm³/mol. The fraction of sp³-hybridized carbons (Fsp3) is 0.111. The van der Waals surface area contributed by atoms with Gasteiger partial charge in [0.2, 0.25) is 0 Å². The number of primary amides is 1. The van der Waals surface area contributed by atoms with Crippen molar-refractivity contribution in [1.82, 2.24) is 19.7 Å². The highest BCUT2D eigenvalue weighted by atomic mass is 35.5. The van der Waals surface area contributed by atoms with E-state index in [4.69, 9.17) is 17.3 Å². The number of nitrogens with two attached hydrogens (primary N) is 1. The Morgan fingerprint density at radius 2 is 1.85 bits per heavy atom. The smallest absolute Gasteiger partial charge is 0.250 e. The van der Waals surface area contributed by atoms with Crippen LogP contribution in [0.5, 0.6) is 0 Å². The normalized spacial score (nSPS) is 11.6. The van der Waals surface area contributed by atoms with Gasteiger partial charge in [0.1, 0.15) is 24.8 Å². The first-order valence-electron chi connectivity index (χ1n) is 7.80. The first kappa shape index (κ1) is 18.7. The van der Waals surface area contributed by atoms with E-state index in [1.54, 1.807) is 18.2 Å². The van der Waals surface area contributed by atoms with Crippen molar-refractivity contribution in [2.45, 2.75) is 13.3 Å². The molecule has 0 bridgehead atoms. The summed E-state index contributed by atoms with van der Waals surface area (Å²) >= 11 is 5.75. The minimum Gasteiger partial charge on any atom is -0.366 e. The van der Waals surface area contributed by atoms with Crippen LogP contribution in [0.1, 0.15) is 16.7 Å². The molecule has 2 N–H and O–H groups in total. The molecular formula is C18H14ClF2N5O. The summed E-state index contributed by atoms with van der Waals surface area (Å²) in [6.45, 7) is -1.45. The summed E-state index contributed by atoms with van der Waals surface area (Å²) in [4.78, 5) is 19.8. The van der Waals surface area contributed by atoms with Crippen LogP contribution >= 0.6 is 11.6 Å². The molecule has 0 aliphatic carbocycles. The van der Waals surface area contributed by atoms with E-state index in [1.165, 1.54) is 35.5 Å². The molecule has 0 saturated carbocycles. The molecule has 0 radical (unpaired) electrons. The van der Waals surface area contributed by atoms with Crippen molar-refractivity contribution in [1.29, 1.82) is 0 Å². The predicted octanol–water partition coefficient (Wildman–Crippen LogP) is 3.42. The zero-order valence-corrected chi connectivity index (χ0v) is 14.7. The Bertz CT molecular complexity index is 979. The van der Waals surface area contributed by atoms with Gasteiger partial charge in [-0.25, -0.2) is 23.4 Å². The topological polar surface area (TPSA) is 86.7 Å². The molecule has 2 aromatic heterocycles. The number of hydrogen-bond acceptors (Lipinski definition) is 4. The molecule has 138 valence electrons. The molecule has 2 heterocycles. The van der Waals surface area contributed by atoms with Crippen LogP contribution < -0.4 is 5.73 Å². The third-order valence-corrected chi connectivity index (χ3v) is 3.92. The van der Waals surface area contributed by atoms with Crippen molar-refractivity contribution in [3.05, 3.63) is 64.7 Å². The summed E-state index contributed by atoms with van der Waals surface area (Å²) in [6.07, 6.45) is 4.16. The number of benzene rings is 1. The summed E-state index contributed by atoms with van der Waals surface area (Å²) < 4.78 is 27.2. The van der Waals surface area contributed by atoms with E-state index in [-0.39, 0.29) is 16.6 Å². The second-order valence-electron chi connectivity index (χ2n) is 5.63. The monoisotopic (exact) mass is 389 g/mol. The van der Waals surface area contributed by atoms with Gasteiger partial charge >= 0.3 is 0 Å². The van der Waals surface area contributed by atoms with Crippen molar-refractivity contribution in [3.63, 3.8) is 0 Å². The Morgan fingerprint density at radius 3 is 2.41 bits per heavy atom. The van der Waals surface area contributed by atoms with Gasteiger partial charge in [-0.05, 0) is 35.4 Å². The minimum absolute atomic E-state index is 0.151. The maximum Gasteiger partial charge on any atom is 0.250 e. The number of nitrogens with zero attached hydrogens (tertiary/aromatic N) is 4. The second kappa shape index (κ2) is 8.05. The molecule has 1 amide bonds. The highest BCUT2D eigenvalue weighted by molar-refractivity contribution is 6.29. The van der Waals surface area contributed by atoms with E-state index in [1.807, 2.05) is 0 Å².